The van der Waals surface area contributed by atoms with E-state index in [4.69, 9.17) is 5.73 Å². The summed E-state index contributed by atoms with van der Waals surface area (Å²) in [6.45, 7) is 0. The molecule has 13 heteroatoms. The molecular weight excluding hydrogens is 729 g/mol. The SMILES string of the molecule is Nc1ccc(N2C(=O)c3ccc(-c4ccc5c(c4)C(=O)N(c4ccc(N6C(=O)c7ccc(-c8ccc9c(c8)C(=O)OC9=O)cc7C6=O)cc4)C5=O)cc3C2=O)cc1. The normalized spacial score (nSPS) is 15.4. The van der Waals surface area contributed by atoms with Gasteiger partial charge in [-0.1, -0.05) is 24.3 Å². The first kappa shape index (κ1) is 33.3. The fourth-order valence-electron chi connectivity index (χ4n) is 7.60. The van der Waals surface area contributed by atoms with E-state index in [2.05, 4.69) is 4.74 Å². The number of fused-ring (bicyclic) bond motifs is 4. The number of ether oxygens (including phenoxy) is 1. The molecule has 0 spiro atoms. The van der Waals surface area contributed by atoms with Crippen molar-refractivity contribution < 1.29 is 43.1 Å². The Bertz CT molecular complexity index is 2950. The number of imide groups is 3. The van der Waals surface area contributed by atoms with Crippen molar-refractivity contribution in [3.05, 3.63) is 166 Å². The van der Waals surface area contributed by atoms with E-state index in [0.717, 1.165) is 14.7 Å². The number of esters is 2. The van der Waals surface area contributed by atoms with Crippen molar-refractivity contribution in [3.8, 4) is 22.3 Å². The number of carbonyl (C=O) groups excluding carboxylic acids is 8. The van der Waals surface area contributed by atoms with E-state index in [-0.39, 0.29) is 55.9 Å². The summed E-state index contributed by atoms with van der Waals surface area (Å²) in [5, 5.41) is 0. The second kappa shape index (κ2) is 11.8. The number of carbonyl (C=O) groups is 8. The largest absolute Gasteiger partial charge is 0.399 e. The molecule has 2 N–H and O–H groups in total. The summed E-state index contributed by atoms with van der Waals surface area (Å²) in [5.41, 5.74) is 10.5. The molecule has 0 saturated heterocycles. The number of cyclic esters (lactones) is 2. The molecule has 0 atom stereocenters. The highest BCUT2D eigenvalue weighted by atomic mass is 16.6. The average Bonchev–Trinajstić information content (AvgIpc) is 3.84. The van der Waals surface area contributed by atoms with E-state index in [1.807, 2.05) is 0 Å². The third-order valence-corrected chi connectivity index (χ3v) is 10.5. The van der Waals surface area contributed by atoms with Crippen LogP contribution in [0.2, 0.25) is 0 Å². The molecule has 0 fully saturated rings. The van der Waals surface area contributed by atoms with Gasteiger partial charge < -0.3 is 10.5 Å². The quantitative estimate of drug-likeness (QED) is 0.0907. The van der Waals surface area contributed by atoms with E-state index in [1.165, 1.54) is 54.6 Å². The fraction of sp³-hybridized carbons (Fsp3) is 0. The maximum absolute atomic E-state index is 13.8. The molecule has 272 valence electrons. The Labute approximate surface area is 321 Å². The number of nitrogen functional groups attached to an aromatic ring is 1. The summed E-state index contributed by atoms with van der Waals surface area (Å²) < 4.78 is 4.67. The fourth-order valence-corrected chi connectivity index (χ4v) is 7.60. The average molecular weight is 751 g/mol. The van der Waals surface area contributed by atoms with Gasteiger partial charge in [0.25, 0.3) is 35.4 Å². The molecule has 0 saturated carbocycles. The monoisotopic (exact) mass is 750 g/mol. The standard InChI is InChI=1S/C44H22N4O9/c45-25-5-7-26(8-6-25)46-37(49)29-13-1-21(17-33(29)40(46)52)22-2-14-30-34(18-22)41(53)47(38(30)50)27-9-11-28(12-10-27)48-39(51)31-15-3-23(19-35(31)42(48)54)24-4-16-32-36(20-24)44(56)57-43(32)55/h1-20H,45H2. The summed E-state index contributed by atoms with van der Waals surface area (Å²) in [5.74, 6) is -4.79. The molecule has 6 aromatic carbocycles. The van der Waals surface area contributed by atoms with E-state index in [9.17, 15) is 38.4 Å². The van der Waals surface area contributed by atoms with Crippen molar-refractivity contribution in [2.45, 2.75) is 0 Å². The molecule has 0 unspecified atom stereocenters. The summed E-state index contributed by atoms with van der Waals surface area (Å²) in [6, 6.07) is 31.1. The number of nitrogens with two attached hydrogens (primary N) is 1. The van der Waals surface area contributed by atoms with Gasteiger partial charge in [-0.05, 0) is 119 Å². The molecule has 0 radical (unpaired) electrons. The van der Waals surface area contributed by atoms with Gasteiger partial charge in [-0.3, -0.25) is 28.8 Å². The molecule has 0 aliphatic carbocycles. The van der Waals surface area contributed by atoms with Gasteiger partial charge in [-0.2, -0.15) is 0 Å². The highest BCUT2D eigenvalue weighted by Crippen LogP contribution is 2.38. The van der Waals surface area contributed by atoms with Gasteiger partial charge in [0.05, 0.1) is 61.6 Å². The minimum atomic E-state index is -0.762. The number of anilines is 4. The highest BCUT2D eigenvalue weighted by Gasteiger charge is 2.40. The number of nitrogens with zero attached hydrogens (tertiary/aromatic N) is 3. The first-order valence-electron chi connectivity index (χ1n) is 17.4. The van der Waals surface area contributed by atoms with Gasteiger partial charge in [-0.25, -0.2) is 24.3 Å². The Morgan fingerprint density at radius 2 is 0.596 bits per heavy atom. The Kier molecular flexibility index (Phi) is 6.91. The molecule has 57 heavy (non-hydrogen) atoms. The van der Waals surface area contributed by atoms with Gasteiger partial charge in [-0.15, -0.1) is 0 Å². The van der Waals surface area contributed by atoms with Gasteiger partial charge >= 0.3 is 11.9 Å². The zero-order chi connectivity index (χ0) is 39.4. The van der Waals surface area contributed by atoms with Gasteiger partial charge in [0, 0.05) is 5.69 Å². The molecule has 13 nitrogen and oxygen atoms in total. The Morgan fingerprint density at radius 3 is 0.965 bits per heavy atom. The van der Waals surface area contributed by atoms with Crippen molar-refractivity contribution in [1.82, 2.24) is 0 Å². The summed E-state index contributed by atoms with van der Waals surface area (Å²) in [6.07, 6.45) is 0. The first-order chi connectivity index (χ1) is 27.5. The van der Waals surface area contributed by atoms with Crippen molar-refractivity contribution in [2.75, 3.05) is 20.4 Å². The van der Waals surface area contributed by atoms with Crippen LogP contribution in [-0.4, -0.2) is 47.4 Å². The third kappa shape index (κ3) is 4.82. The lowest BCUT2D eigenvalue weighted by atomic mass is 9.97. The Hall–Kier alpha value is -8.32. The molecule has 6 amide bonds. The lowest BCUT2D eigenvalue weighted by Crippen LogP contribution is -2.30. The number of amides is 6. The maximum atomic E-state index is 13.8. The predicted octanol–water partition coefficient (Wildman–Crippen LogP) is 6.32. The first-order valence-corrected chi connectivity index (χ1v) is 17.4. The molecule has 4 aliphatic rings. The minimum absolute atomic E-state index is 0.110. The number of hydrogen-bond acceptors (Lipinski definition) is 10. The van der Waals surface area contributed by atoms with E-state index in [0.29, 0.717) is 33.6 Å². The molecule has 0 aromatic heterocycles. The van der Waals surface area contributed by atoms with Gasteiger partial charge in [0.2, 0.25) is 0 Å². The molecule has 4 aliphatic heterocycles. The van der Waals surface area contributed by atoms with Crippen LogP contribution in [0.25, 0.3) is 22.3 Å². The second-order valence-electron chi connectivity index (χ2n) is 13.7. The van der Waals surface area contributed by atoms with Crippen molar-refractivity contribution in [3.63, 3.8) is 0 Å². The Balaban J connectivity index is 0.889. The minimum Gasteiger partial charge on any atom is -0.399 e. The summed E-state index contributed by atoms with van der Waals surface area (Å²) >= 11 is 0. The van der Waals surface area contributed by atoms with Crippen molar-refractivity contribution >= 4 is 70.1 Å². The topological polar surface area (TPSA) is 182 Å². The van der Waals surface area contributed by atoms with Crippen LogP contribution >= 0.6 is 0 Å². The van der Waals surface area contributed by atoms with Crippen LogP contribution in [0.1, 0.15) is 82.9 Å². The zero-order valence-corrected chi connectivity index (χ0v) is 29.1. The molecule has 0 bridgehead atoms. The molecule has 6 aromatic rings. The van der Waals surface area contributed by atoms with Crippen LogP contribution in [0.3, 0.4) is 0 Å². The van der Waals surface area contributed by atoms with Gasteiger partial charge in [0.15, 0.2) is 0 Å². The van der Waals surface area contributed by atoms with E-state index in [1.54, 1.807) is 66.7 Å². The van der Waals surface area contributed by atoms with Crippen LogP contribution in [0.15, 0.2) is 121 Å². The van der Waals surface area contributed by atoms with Crippen LogP contribution in [0.4, 0.5) is 22.7 Å². The number of hydrogen-bond donors (Lipinski definition) is 1. The van der Waals surface area contributed by atoms with E-state index < -0.39 is 47.4 Å². The predicted molar refractivity (Wildman–Crippen MR) is 204 cm³/mol. The van der Waals surface area contributed by atoms with Crippen molar-refractivity contribution in [1.29, 1.82) is 0 Å². The highest BCUT2D eigenvalue weighted by molar-refractivity contribution is 6.37. The lowest BCUT2D eigenvalue weighted by Gasteiger charge is -2.17. The smallest absolute Gasteiger partial charge is 0.346 e. The third-order valence-electron chi connectivity index (χ3n) is 10.5. The van der Waals surface area contributed by atoms with Crippen LogP contribution in [-0.2, 0) is 4.74 Å². The van der Waals surface area contributed by atoms with Crippen LogP contribution in [0, 0.1) is 0 Å². The Morgan fingerprint density at radius 1 is 0.316 bits per heavy atom. The molecule has 10 rings (SSSR count). The van der Waals surface area contributed by atoms with E-state index >= 15 is 0 Å². The van der Waals surface area contributed by atoms with Crippen molar-refractivity contribution in [2.24, 2.45) is 0 Å². The number of benzene rings is 6. The lowest BCUT2D eigenvalue weighted by molar-refractivity contribution is 0.0442. The van der Waals surface area contributed by atoms with Gasteiger partial charge in [0.1, 0.15) is 0 Å². The van der Waals surface area contributed by atoms with Crippen LogP contribution in [0.5, 0.6) is 0 Å². The second-order valence-corrected chi connectivity index (χ2v) is 13.7. The zero-order valence-electron chi connectivity index (χ0n) is 29.1. The molecule has 4 heterocycles. The summed E-state index contributed by atoms with van der Waals surface area (Å²) in [4.78, 5) is 108. The molecular formula is C44H22N4O9. The maximum Gasteiger partial charge on any atom is 0.346 e. The van der Waals surface area contributed by atoms with Crippen LogP contribution < -0.4 is 20.4 Å². The number of rotatable bonds is 5. The summed E-state index contributed by atoms with van der Waals surface area (Å²) in [7, 11) is 0.